The highest BCUT2D eigenvalue weighted by molar-refractivity contribution is 8.00. The van der Waals surface area contributed by atoms with Crippen molar-refractivity contribution < 1.29 is 75.1 Å². The third kappa shape index (κ3) is 10.1. The molecule has 3 aromatic carbocycles. The van der Waals surface area contributed by atoms with Gasteiger partial charge < -0.3 is 80.4 Å². The first-order valence-electron chi connectivity index (χ1n) is 18.4. The number of thioether (sulfide) groups is 1. The van der Waals surface area contributed by atoms with Crippen LogP contribution in [0.4, 0.5) is 0 Å². The van der Waals surface area contributed by atoms with Crippen molar-refractivity contribution in [1.29, 1.82) is 0 Å². The summed E-state index contributed by atoms with van der Waals surface area (Å²) in [6.45, 7) is -2.17. The van der Waals surface area contributed by atoms with Gasteiger partial charge in [0.2, 0.25) is 0 Å². The van der Waals surface area contributed by atoms with Gasteiger partial charge in [0, 0.05) is 18.8 Å². The molecule has 0 aliphatic carbocycles. The fraction of sp³-hybridized carbons (Fsp3) is 0.538. The van der Waals surface area contributed by atoms with Crippen LogP contribution in [0.15, 0.2) is 91.0 Å². The van der Waals surface area contributed by atoms with E-state index in [0.29, 0.717) is 12.3 Å². The average Bonchev–Trinajstić information content (AvgIpc) is 3.23. The maximum atomic E-state index is 11.4. The number of nitrogens with one attached hydrogen (secondary N) is 1. The maximum absolute atomic E-state index is 11.4. The van der Waals surface area contributed by atoms with Gasteiger partial charge in [-0.25, -0.2) is 0 Å². The summed E-state index contributed by atoms with van der Waals surface area (Å²) in [5.74, 6) is 0.516. The molecule has 310 valence electrons. The molecule has 0 amide bonds. The van der Waals surface area contributed by atoms with Gasteiger partial charge in [-0.05, 0) is 16.7 Å². The lowest BCUT2D eigenvalue weighted by atomic mass is 9.84. The van der Waals surface area contributed by atoms with Crippen LogP contribution in [-0.2, 0) is 23.7 Å². The molecule has 17 heteroatoms. The number of hydrogen-bond donors (Lipinski definition) is 12. The Hall–Kier alpha value is -2.63. The van der Waals surface area contributed by atoms with Gasteiger partial charge in [-0.2, -0.15) is 0 Å². The van der Waals surface area contributed by atoms with Crippen molar-refractivity contribution in [2.24, 2.45) is 0 Å². The third-order valence-electron chi connectivity index (χ3n) is 10.0. The van der Waals surface area contributed by atoms with Crippen LogP contribution in [0.5, 0.6) is 0 Å². The molecule has 0 aromatic heterocycles. The monoisotopic (exact) mass is 807 g/mol. The predicted molar refractivity (Wildman–Crippen MR) is 201 cm³/mol. The first-order chi connectivity index (χ1) is 26.9. The van der Waals surface area contributed by atoms with E-state index in [0.717, 1.165) is 16.7 Å². The highest BCUT2D eigenvalue weighted by atomic mass is 32.2. The summed E-state index contributed by atoms with van der Waals surface area (Å²) in [6.07, 6.45) is -24.0. The van der Waals surface area contributed by atoms with Gasteiger partial charge >= 0.3 is 0 Å². The second-order valence-corrected chi connectivity index (χ2v) is 15.1. The van der Waals surface area contributed by atoms with Crippen molar-refractivity contribution >= 4 is 11.8 Å². The minimum Gasteiger partial charge on any atom is -0.394 e. The molecule has 56 heavy (non-hydrogen) atoms. The fourth-order valence-corrected chi connectivity index (χ4v) is 8.32. The van der Waals surface area contributed by atoms with Gasteiger partial charge in [-0.3, -0.25) is 0 Å². The van der Waals surface area contributed by atoms with E-state index in [-0.39, 0.29) is 6.54 Å². The van der Waals surface area contributed by atoms with Crippen molar-refractivity contribution in [2.45, 2.75) is 90.6 Å². The molecule has 0 bridgehead atoms. The van der Waals surface area contributed by atoms with Crippen LogP contribution in [0.3, 0.4) is 0 Å². The van der Waals surface area contributed by atoms with E-state index in [1.54, 1.807) is 11.8 Å². The SMILES string of the molecule is OC[C@H]1O[C@H](OC[C@@H](O)[C@@H](O)[C@H](O[C@H]2O[C@H](CO)[C@@H](O)[C@H](O)[C@@H]2O)[C@H](O)CNCCSC(c2ccccc2)(c2ccccc2)c2ccccc2)[C@@H](O)[C@@H](O)[C@@H]1O. The zero-order valence-electron chi connectivity index (χ0n) is 30.4. The smallest absolute Gasteiger partial charge is 0.187 e. The van der Waals surface area contributed by atoms with Gasteiger partial charge in [0.05, 0.1) is 30.7 Å². The van der Waals surface area contributed by atoms with E-state index in [9.17, 15) is 56.2 Å². The van der Waals surface area contributed by atoms with Crippen molar-refractivity contribution in [2.75, 3.05) is 38.7 Å². The second kappa shape index (κ2) is 20.9. The number of hydrogen-bond acceptors (Lipinski definition) is 17. The van der Waals surface area contributed by atoms with E-state index in [2.05, 4.69) is 41.7 Å². The zero-order chi connectivity index (χ0) is 40.4. The number of aliphatic hydroxyl groups is 11. The predicted octanol–water partition coefficient (Wildman–Crippen LogP) is -2.61. The Morgan fingerprint density at radius 1 is 0.607 bits per heavy atom. The topological polar surface area (TPSA) is 271 Å². The molecule has 0 saturated carbocycles. The lowest BCUT2D eigenvalue weighted by Gasteiger charge is -2.42. The Kier molecular flexibility index (Phi) is 16.6. The van der Waals surface area contributed by atoms with Gasteiger partial charge in [-0.1, -0.05) is 91.0 Å². The molecule has 12 N–H and O–H groups in total. The summed E-state index contributed by atoms with van der Waals surface area (Å²) in [6, 6.07) is 30.2. The lowest BCUT2D eigenvalue weighted by Crippen LogP contribution is -2.62. The summed E-state index contributed by atoms with van der Waals surface area (Å²) in [5, 5.41) is 118. The lowest BCUT2D eigenvalue weighted by molar-refractivity contribution is -0.329. The fourth-order valence-electron chi connectivity index (χ4n) is 6.86. The second-order valence-electron chi connectivity index (χ2n) is 13.8. The van der Waals surface area contributed by atoms with Crippen molar-refractivity contribution in [3.8, 4) is 0 Å². The third-order valence-corrected chi connectivity index (χ3v) is 11.6. The van der Waals surface area contributed by atoms with E-state index in [1.807, 2.05) is 54.6 Å². The summed E-state index contributed by atoms with van der Waals surface area (Å²) < 4.78 is 21.3. The quantitative estimate of drug-likeness (QED) is 0.0437. The number of ether oxygens (including phenoxy) is 4. The van der Waals surface area contributed by atoms with E-state index in [1.165, 1.54) is 0 Å². The molecule has 2 aliphatic heterocycles. The van der Waals surface area contributed by atoms with E-state index >= 15 is 0 Å². The normalized spacial score (nSPS) is 30.7. The van der Waals surface area contributed by atoms with Crippen LogP contribution in [-0.4, -0.2) is 181 Å². The molecule has 2 heterocycles. The highest BCUT2D eigenvalue weighted by Gasteiger charge is 2.48. The summed E-state index contributed by atoms with van der Waals surface area (Å²) in [5.41, 5.74) is 3.16. The molecular formula is C39H53NO15S. The molecule has 0 unspecified atom stereocenters. The first-order valence-corrected chi connectivity index (χ1v) is 19.4. The zero-order valence-corrected chi connectivity index (χ0v) is 31.3. The van der Waals surface area contributed by atoms with Crippen LogP contribution >= 0.6 is 11.8 Å². The van der Waals surface area contributed by atoms with Crippen molar-refractivity contribution in [3.63, 3.8) is 0 Å². The Morgan fingerprint density at radius 3 is 1.52 bits per heavy atom. The van der Waals surface area contributed by atoms with E-state index < -0.39 is 110 Å². The highest BCUT2D eigenvalue weighted by Crippen LogP contribution is 2.48. The van der Waals surface area contributed by atoms with Crippen molar-refractivity contribution in [3.05, 3.63) is 108 Å². The molecule has 0 spiro atoms. The molecule has 2 fully saturated rings. The molecule has 16 nitrogen and oxygen atoms in total. The van der Waals surface area contributed by atoms with Gasteiger partial charge in [0.1, 0.15) is 67.1 Å². The molecule has 2 saturated heterocycles. The number of rotatable bonds is 19. The summed E-state index contributed by atoms with van der Waals surface area (Å²) in [7, 11) is 0. The molecule has 0 radical (unpaired) electrons. The average molecular weight is 808 g/mol. The summed E-state index contributed by atoms with van der Waals surface area (Å²) >= 11 is 1.66. The van der Waals surface area contributed by atoms with Crippen molar-refractivity contribution in [1.82, 2.24) is 5.32 Å². The Labute approximate surface area is 328 Å². The van der Waals surface area contributed by atoms with Crippen LogP contribution in [0, 0.1) is 0 Å². The summed E-state index contributed by atoms with van der Waals surface area (Å²) in [4.78, 5) is 0. The molecule has 2 aliphatic rings. The van der Waals surface area contributed by atoms with Gasteiger partial charge in [0.15, 0.2) is 12.6 Å². The molecular weight excluding hydrogens is 754 g/mol. The minimum atomic E-state index is -2.00. The minimum absolute atomic E-state index is 0.227. The molecule has 5 rings (SSSR count). The standard InChI is InChI=1S/C39H53NO15S/c41-19-27-30(46)32(48)34(50)37(53-27)52-21-26(44)29(45)36(55-38-35(51)33(49)31(47)28(20-42)54-38)25(43)18-40-16-17-56-39(22-10-4-1-5-11-22,23-12-6-2-7-13-23)24-14-8-3-9-15-24/h1-15,25-38,40-51H,16-21H2/t25-,26-,27-,28-,29-,30-,31-,32+,33+,34+,35+,36-,37+,38-/m1/s1. The van der Waals surface area contributed by atoms with Crippen LogP contribution in [0.2, 0.25) is 0 Å². The van der Waals surface area contributed by atoms with Gasteiger partial charge in [0.25, 0.3) is 0 Å². The van der Waals surface area contributed by atoms with Crippen LogP contribution in [0.25, 0.3) is 0 Å². The number of aliphatic hydroxyl groups excluding tert-OH is 11. The Balaban J connectivity index is 1.29. The Morgan fingerprint density at radius 2 is 1.05 bits per heavy atom. The first kappa shape index (κ1) is 44.5. The largest absolute Gasteiger partial charge is 0.394 e. The van der Waals surface area contributed by atoms with Crippen LogP contribution in [0.1, 0.15) is 16.7 Å². The molecule has 3 aromatic rings. The Bertz CT molecular complexity index is 1470. The van der Waals surface area contributed by atoms with E-state index in [4.69, 9.17) is 18.9 Å². The van der Waals surface area contributed by atoms with Gasteiger partial charge in [-0.15, -0.1) is 11.8 Å². The molecule has 14 atom stereocenters. The number of benzene rings is 3. The van der Waals surface area contributed by atoms with Crippen LogP contribution < -0.4 is 5.32 Å². The maximum Gasteiger partial charge on any atom is 0.187 e.